The van der Waals surface area contributed by atoms with E-state index in [0.29, 0.717) is 0 Å². The van der Waals surface area contributed by atoms with Gasteiger partial charge in [-0.3, -0.25) is 0 Å². The highest BCUT2D eigenvalue weighted by Gasteiger charge is 2.14. The summed E-state index contributed by atoms with van der Waals surface area (Å²) >= 11 is 3.46. The molecule has 0 aliphatic carbocycles. The molecule has 82 valence electrons. The fourth-order valence-corrected chi connectivity index (χ4v) is 2.37. The summed E-state index contributed by atoms with van der Waals surface area (Å²) in [5.74, 6) is 0. The van der Waals surface area contributed by atoms with Gasteiger partial charge in [0.05, 0.1) is 0 Å². The van der Waals surface area contributed by atoms with E-state index in [2.05, 4.69) is 77.7 Å². The lowest BCUT2D eigenvalue weighted by Gasteiger charge is -2.04. The second-order valence-electron chi connectivity index (χ2n) is 4.13. The minimum Gasteiger partial charge on any atom is -0.162 e. The number of hydrogen-bond acceptors (Lipinski definition) is 0. The molecule has 1 aromatic heterocycles. The molecular weight excluding hydrogens is 262 g/mol. The Morgan fingerprint density at radius 1 is 0.875 bits per heavy atom. The zero-order valence-electron chi connectivity index (χ0n) is 9.79. The first-order valence-electron chi connectivity index (χ1n) is 5.34. The number of pyridine rings is 1. The summed E-state index contributed by atoms with van der Waals surface area (Å²) < 4.78 is 3.37. The average Bonchev–Trinajstić information content (AvgIpc) is 2.19. The topological polar surface area (TPSA) is 3.88 Å². The summed E-state index contributed by atoms with van der Waals surface area (Å²) in [5, 5.41) is 0. The Hall–Kier alpha value is -1.15. The first kappa shape index (κ1) is 11.3. The largest absolute Gasteiger partial charge is 0.211 e. The van der Waals surface area contributed by atoms with Gasteiger partial charge in [-0.2, -0.15) is 4.57 Å². The van der Waals surface area contributed by atoms with Crippen LogP contribution in [0.5, 0.6) is 0 Å². The zero-order valence-corrected chi connectivity index (χ0v) is 11.4. The molecule has 2 aromatic rings. The zero-order chi connectivity index (χ0) is 11.7. The third-order valence-corrected chi connectivity index (χ3v) is 3.19. The Bertz CT molecular complexity index is 492. The molecule has 16 heavy (non-hydrogen) atoms. The lowest BCUT2D eigenvalue weighted by atomic mass is 10.2. The van der Waals surface area contributed by atoms with Crippen LogP contribution in [-0.2, 0) is 0 Å². The predicted octanol–water partition coefficient (Wildman–Crippen LogP) is 3.65. The van der Waals surface area contributed by atoms with E-state index in [1.807, 2.05) is 0 Å². The molecule has 0 atom stereocenters. The van der Waals surface area contributed by atoms with Crippen LogP contribution in [0.25, 0.3) is 5.69 Å². The lowest BCUT2D eigenvalue weighted by Crippen LogP contribution is -2.37. The second kappa shape index (κ2) is 4.38. The van der Waals surface area contributed by atoms with E-state index in [9.17, 15) is 0 Å². The van der Waals surface area contributed by atoms with Gasteiger partial charge in [0, 0.05) is 42.6 Å². The van der Waals surface area contributed by atoms with E-state index in [1.54, 1.807) is 0 Å². The Kier molecular flexibility index (Phi) is 3.10. The van der Waals surface area contributed by atoms with Crippen molar-refractivity contribution >= 4 is 15.9 Å². The normalized spacial score (nSPS) is 10.5. The van der Waals surface area contributed by atoms with Crippen LogP contribution >= 0.6 is 15.9 Å². The fraction of sp³-hybridized carbons (Fsp3) is 0.214. The quantitative estimate of drug-likeness (QED) is 0.700. The first-order valence-corrected chi connectivity index (χ1v) is 6.13. The summed E-state index contributed by atoms with van der Waals surface area (Å²) in [6.45, 7) is 6.41. The monoisotopic (exact) mass is 276 g/mol. The van der Waals surface area contributed by atoms with Crippen molar-refractivity contribution in [3.8, 4) is 5.69 Å². The van der Waals surface area contributed by atoms with Gasteiger partial charge in [-0.1, -0.05) is 15.9 Å². The van der Waals surface area contributed by atoms with Crippen LogP contribution in [0.3, 0.4) is 0 Å². The molecule has 0 unspecified atom stereocenters. The van der Waals surface area contributed by atoms with Gasteiger partial charge < -0.3 is 0 Å². The summed E-state index contributed by atoms with van der Waals surface area (Å²) in [6.07, 6.45) is 0. The molecule has 0 spiro atoms. The van der Waals surface area contributed by atoms with Crippen LogP contribution in [0, 0.1) is 20.8 Å². The minimum atomic E-state index is 1.11. The van der Waals surface area contributed by atoms with Crippen molar-refractivity contribution in [2.75, 3.05) is 0 Å². The lowest BCUT2D eigenvalue weighted by molar-refractivity contribution is -0.609. The summed E-state index contributed by atoms with van der Waals surface area (Å²) in [5.41, 5.74) is 5.04. The number of rotatable bonds is 1. The smallest absolute Gasteiger partial charge is 0.162 e. The van der Waals surface area contributed by atoms with Crippen molar-refractivity contribution in [1.82, 2.24) is 0 Å². The third-order valence-electron chi connectivity index (χ3n) is 2.66. The molecular formula is C14H15BrN+. The predicted molar refractivity (Wildman–Crippen MR) is 69.9 cm³/mol. The molecule has 0 fully saturated rings. The summed E-state index contributed by atoms with van der Waals surface area (Å²) in [7, 11) is 0. The summed E-state index contributed by atoms with van der Waals surface area (Å²) in [6, 6.07) is 12.8. The van der Waals surface area contributed by atoms with Gasteiger partial charge in [0.2, 0.25) is 5.69 Å². The Labute approximate surface area is 105 Å². The van der Waals surface area contributed by atoms with E-state index in [1.165, 1.54) is 22.6 Å². The molecule has 0 bridgehead atoms. The maximum Gasteiger partial charge on any atom is 0.211 e. The number of halogens is 1. The van der Waals surface area contributed by atoms with Crippen LogP contribution < -0.4 is 4.57 Å². The third kappa shape index (κ3) is 2.17. The molecule has 0 aliphatic heterocycles. The van der Waals surface area contributed by atoms with Crippen LogP contribution in [0.1, 0.15) is 17.0 Å². The highest BCUT2D eigenvalue weighted by molar-refractivity contribution is 9.10. The molecule has 0 saturated carbocycles. The van der Waals surface area contributed by atoms with Crippen LogP contribution in [0.2, 0.25) is 0 Å². The molecule has 1 nitrogen and oxygen atoms in total. The van der Waals surface area contributed by atoms with E-state index in [4.69, 9.17) is 0 Å². The van der Waals surface area contributed by atoms with Crippen LogP contribution in [0.4, 0.5) is 0 Å². The van der Waals surface area contributed by atoms with Crippen molar-refractivity contribution in [1.29, 1.82) is 0 Å². The van der Waals surface area contributed by atoms with Gasteiger partial charge in [-0.25, -0.2) is 0 Å². The summed E-state index contributed by atoms with van der Waals surface area (Å²) in [4.78, 5) is 0. The van der Waals surface area contributed by atoms with E-state index in [-0.39, 0.29) is 0 Å². The van der Waals surface area contributed by atoms with E-state index in [0.717, 1.165) is 4.47 Å². The number of aryl methyl sites for hydroxylation is 3. The van der Waals surface area contributed by atoms with Crippen molar-refractivity contribution < 1.29 is 4.57 Å². The van der Waals surface area contributed by atoms with Gasteiger partial charge in [0.1, 0.15) is 0 Å². The molecule has 1 heterocycles. The van der Waals surface area contributed by atoms with E-state index >= 15 is 0 Å². The Morgan fingerprint density at radius 3 is 1.88 bits per heavy atom. The molecule has 0 N–H and O–H groups in total. The van der Waals surface area contributed by atoms with Crippen LogP contribution in [-0.4, -0.2) is 0 Å². The minimum absolute atomic E-state index is 1.11. The molecule has 0 aliphatic rings. The van der Waals surface area contributed by atoms with Crippen LogP contribution in [0.15, 0.2) is 40.9 Å². The second-order valence-corrected chi connectivity index (χ2v) is 5.04. The maximum atomic E-state index is 3.46. The van der Waals surface area contributed by atoms with Crippen molar-refractivity contribution in [3.05, 3.63) is 57.8 Å². The number of aromatic nitrogens is 1. The van der Waals surface area contributed by atoms with Crippen molar-refractivity contribution in [2.45, 2.75) is 20.8 Å². The van der Waals surface area contributed by atoms with Gasteiger partial charge in [0.15, 0.2) is 11.4 Å². The van der Waals surface area contributed by atoms with Gasteiger partial charge >= 0.3 is 0 Å². The number of nitrogens with zero attached hydrogens (tertiary/aromatic N) is 1. The average molecular weight is 277 g/mol. The molecule has 2 rings (SSSR count). The maximum absolute atomic E-state index is 3.46. The first-order chi connectivity index (χ1) is 7.58. The Morgan fingerprint density at radius 2 is 1.38 bits per heavy atom. The Balaban J connectivity index is 2.60. The fourth-order valence-electron chi connectivity index (χ4n) is 2.11. The molecule has 2 heteroatoms. The molecule has 1 aromatic carbocycles. The number of hydrogen-bond donors (Lipinski definition) is 0. The number of benzene rings is 1. The molecule has 0 radical (unpaired) electrons. The van der Waals surface area contributed by atoms with Gasteiger partial charge in [-0.15, -0.1) is 0 Å². The molecule has 0 saturated heterocycles. The SMILES string of the molecule is Cc1cc(C)[n+](-c2ccc(Br)cc2)c(C)c1. The van der Waals surface area contributed by atoms with Crippen molar-refractivity contribution in [3.63, 3.8) is 0 Å². The van der Waals surface area contributed by atoms with E-state index < -0.39 is 0 Å². The molecule has 0 amide bonds. The van der Waals surface area contributed by atoms with Gasteiger partial charge in [-0.05, 0) is 24.6 Å². The van der Waals surface area contributed by atoms with Gasteiger partial charge in [0.25, 0.3) is 0 Å². The highest BCUT2D eigenvalue weighted by atomic mass is 79.9. The standard InChI is InChI=1S/C14H15BrN/c1-10-8-11(2)16(12(3)9-10)14-6-4-13(15)5-7-14/h4-9H,1-3H3/q+1. The highest BCUT2D eigenvalue weighted by Crippen LogP contribution is 2.12. The van der Waals surface area contributed by atoms with Crippen molar-refractivity contribution in [2.24, 2.45) is 0 Å².